The summed E-state index contributed by atoms with van der Waals surface area (Å²) < 4.78 is 61.6. The quantitative estimate of drug-likeness (QED) is 0.537. The van der Waals surface area contributed by atoms with Gasteiger partial charge in [-0.1, -0.05) is 0 Å². The van der Waals surface area contributed by atoms with Crippen LogP contribution < -0.4 is 9.46 Å². The molecule has 11 heteroatoms. The first kappa shape index (κ1) is 22.6. The van der Waals surface area contributed by atoms with E-state index in [1.807, 2.05) is 0 Å². The Morgan fingerprint density at radius 3 is 2.55 bits per heavy atom. The molecule has 4 rings (SSSR count). The normalized spacial score (nSPS) is 15.1. The van der Waals surface area contributed by atoms with Crippen molar-refractivity contribution < 1.29 is 41.0 Å². The molecular weight excluding hydrogens is 457 g/mol. The number of furan rings is 1. The number of anilines is 1. The highest BCUT2D eigenvalue weighted by atomic mass is 32.2. The van der Waals surface area contributed by atoms with Crippen molar-refractivity contribution in [2.75, 3.05) is 24.7 Å². The molecule has 2 aromatic carbocycles. The lowest BCUT2D eigenvalue weighted by molar-refractivity contribution is -0.143. The van der Waals surface area contributed by atoms with E-state index in [1.54, 1.807) is 0 Å². The predicted octanol–water partition coefficient (Wildman–Crippen LogP) is 3.26. The Labute approximate surface area is 188 Å². The van der Waals surface area contributed by atoms with E-state index in [-0.39, 0.29) is 41.4 Å². The van der Waals surface area contributed by atoms with Crippen LogP contribution in [-0.4, -0.2) is 46.4 Å². The van der Waals surface area contributed by atoms with E-state index in [1.165, 1.54) is 44.4 Å². The van der Waals surface area contributed by atoms with Crippen molar-refractivity contribution in [3.63, 3.8) is 0 Å². The number of ether oxygens (including phenoxy) is 3. The molecule has 174 valence electrons. The first-order chi connectivity index (χ1) is 15.6. The fourth-order valence-electron chi connectivity index (χ4n) is 3.77. The van der Waals surface area contributed by atoms with E-state index >= 15 is 0 Å². The second kappa shape index (κ2) is 8.39. The van der Waals surface area contributed by atoms with E-state index in [0.29, 0.717) is 16.5 Å². The van der Waals surface area contributed by atoms with Gasteiger partial charge in [-0.2, -0.15) is 0 Å². The summed E-state index contributed by atoms with van der Waals surface area (Å²) in [6.07, 6.45) is 0.593. The maximum absolute atomic E-state index is 13.5. The molecular formula is C22H20FNO8S. The number of carbonyl (C=O) groups excluding carboxylic acids is 2. The molecule has 1 unspecified atom stereocenters. The number of methoxy groups -OCH3 is 1. The van der Waals surface area contributed by atoms with E-state index < -0.39 is 33.9 Å². The fourth-order valence-corrected chi connectivity index (χ4v) is 4.32. The lowest BCUT2D eigenvalue weighted by Crippen LogP contribution is -2.22. The monoisotopic (exact) mass is 477 g/mol. The predicted molar refractivity (Wildman–Crippen MR) is 116 cm³/mol. The Morgan fingerprint density at radius 1 is 1.24 bits per heavy atom. The summed E-state index contributed by atoms with van der Waals surface area (Å²) >= 11 is 0. The summed E-state index contributed by atoms with van der Waals surface area (Å²) in [4.78, 5) is 24.0. The largest absolute Gasteiger partial charge is 0.484 e. The SMILES string of the molecule is COC(=O)c1c(-c2ccc(F)cc2)oc2cc(NS(C)(=O)=O)c3c(c12)CC(COC(C)=O)O3. The molecule has 9 nitrogen and oxygen atoms in total. The molecule has 0 aliphatic carbocycles. The first-order valence-electron chi connectivity index (χ1n) is 9.81. The molecule has 0 bridgehead atoms. The van der Waals surface area contributed by atoms with E-state index in [4.69, 9.17) is 18.6 Å². The summed E-state index contributed by atoms with van der Waals surface area (Å²) in [7, 11) is -2.46. The van der Waals surface area contributed by atoms with Crippen LogP contribution in [0.15, 0.2) is 34.7 Å². The van der Waals surface area contributed by atoms with Crippen molar-refractivity contribution >= 4 is 38.6 Å². The average Bonchev–Trinajstić information content (AvgIpc) is 3.33. The zero-order valence-electron chi connectivity index (χ0n) is 17.9. The van der Waals surface area contributed by atoms with Crippen molar-refractivity contribution in [3.05, 3.63) is 47.3 Å². The summed E-state index contributed by atoms with van der Waals surface area (Å²) in [5.74, 6) is -1.31. The van der Waals surface area contributed by atoms with Crippen LogP contribution in [-0.2, 0) is 30.7 Å². The van der Waals surface area contributed by atoms with Crippen LogP contribution >= 0.6 is 0 Å². The number of hydrogen-bond donors (Lipinski definition) is 1. The van der Waals surface area contributed by atoms with Crippen molar-refractivity contribution in [2.45, 2.75) is 19.4 Å². The van der Waals surface area contributed by atoms with Gasteiger partial charge >= 0.3 is 11.9 Å². The van der Waals surface area contributed by atoms with E-state index in [0.717, 1.165) is 6.26 Å². The van der Waals surface area contributed by atoms with E-state index in [9.17, 15) is 22.4 Å². The standard InChI is InChI=1S/C22H20FNO8S/c1-11(25)30-10-14-8-15-18-17(9-16(21(15)31-14)24-33(3,27)28)32-20(19(18)22(26)29-2)12-4-6-13(23)7-5-12/h4-7,9,14,24H,8,10H2,1-3H3. The fraction of sp³-hybridized carbons (Fsp3) is 0.273. The van der Waals surface area contributed by atoms with Gasteiger partial charge in [0.2, 0.25) is 10.0 Å². The van der Waals surface area contributed by atoms with Gasteiger partial charge in [-0.05, 0) is 24.3 Å². The zero-order valence-corrected chi connectivity index (χ0v) is 18.7. The third-order valence-electron chi connectivity index (χ3n) is 5.01. The van der Waals surface area contributed by atoms with Gasteiger partial charge in [-0.15, -0.1) is 0 Å². The van der Waals surface area contributed by atoms with Crippen LogP contribution in [0, 0.1) is 5.82 Å². The summed E-state index contributed by atoms with van der Waals surface area (Å²) in [5.41, 5.74) is 1.33. The molecule has 33 heavy (non-hydrogen) atoms. The zero-order chi connectivity index (χ0) is 23.9. The molecule has 1 aliphatic heterocycles. The van der Waals surface area contributed by atoms with Crippen LogP contribution in [0.3, 0.4) is 0 Å². The molecule has 0 amide bonds. The molecule has 0 saturated heterocycles. The Morgan fingerprint density at radius 2 is 1.94 bits per heavy atom. The third-order valence-corrected chi connectivity index (χ3v) is 5.60. The summed E-state index contributed by atoms with van der Waals surface area (Å²) in [6, 6.07) is 6.76. The highest BCUT2D eigenvalue weighted by Gasteiger charge is 2.35. The number of sulfonamides is 1. The van der Waals surface area contributed by atoms with Gasteiger partial charge in [0, 0.05) is 35.9 Å². The molecule has 1 atom stereocenters. The van der Waals surface area contributed by atoms with Gasteiger partial charge < -0.3 is 18.6 Å². The Kier molecular flexibility index (Phi) is 5.75. The van der Waals surface area contributed by atoms with Gasteiger partial charge in [-0.25, -0.2) is 17.6 Å². The van der Waals surface area contributed by atoms with Crippen molar-refractivity contribution in [2.24, 2.45) is 0 Å². The molecule has 2 heterocycles. The van der Waals surface area contributed by atoms with Crippen molar-refractivity contribution in [1.29, 1.82) is 0 Å². The minimum absolute atomic E-state index is 0.0694. The average molecular weight is 477 g/mol. The second-order valence-electron chi connectivity index (χ2n) is 7.53. The third kappa shape index (κ3) is 4.49. The van der Waals surface area contributed by atoms with Crippen molar-refractivity contribution in [1.82, 2.24) is 0 Å². The first-order valence-corrected chi connectivity index (χ1v) is 11.7. The molecule has 1 aromatic heterocycles. The van der Waals surface area contributed by atoms with Gasteiger partial charge in [0.15, 0.2) is 0 Å². The second-order valence-corrected chi connectivity index (χ2v) is 9.28. The number of fused-ring (bicyclic) bond motifs is 3. The number of nitrogens with one attached hydrogen (secondary N) is 1. The van der Waals surface area contributed by atoms with Gasteiger partial charge in [0.05, 0.1) is 19.1 Å². The number of hydrogen-bond acceptors (Lipinski definition) is 8. The molecule has 0 spiro atoms. The maximum atomic E-state index is 13.5. The van der Waals surface area contributed by atoms with Crippen LogP contribution in [0.1, 0.15) is 22.8 Å². The molecule has 0 fully saturated rings. The maximum Gasteiger partial charge on any atom is 0.342 e. The highest BCUT2D eigenvalue weighted by Crippen LogP contribution is 2.46. The van der Waals surface area contributed by atoms with Crippen LogP contribution in [0.25, 0.3) is 22.3 Å². The van der Waals surface area contributed by atoms with Crippen LogP contribution in [0.5, 0.6) is 5.75 Å². The minimum atomic E-state index is -3.68. The van der Waals surface area contributed by atoms with Gasteiger partial charge in [0.25, 0.3) is 0 Å². The lowest BCUT2D eigenvalue weighted by Gasteiger charge is -2.13. The molecule has 0 radical (unpaired) electrons. The van der Waals surface area contributed by atoms with E-state index in [2.05, 4.69) is 4.72 Å². The molecule has 0 saturated carbocycles. The summed E-state index contributed by atoms with van der Waals surface area (Å²) in [5, 5.41) is 0.376. The Balaban J connectivity index is 1.95. The van der Waals surface area contributed by atoms with Gasteiger partial charge in [-0.3, -0.25) is 9.52 Å². The van der Waals surface area contributed by atoms with Gasteiger partial charge in [0.1, 0.15) is 41.2 Å². The number of rotatable bonds is 6. The molecule has 1 aliphatic rings. The molecule has 3 aromatic rings. The molecule has 1 N–H and O–H groups in total. The highest BCUT2D eigenvalue weighted by molar-refractivity contribution is 7.92. The number of carbonyl (C=O) groups is 2. The van der Waals surface area contributed by atoms with Crippen LogP contribution in [0.2, 0.25) is 0 Å². The van der Waals surface area contributed by atoms with Crippen molar-refractivity contribution in [3.8, 4) is 17.1 Å². The smallest absolute Gasteiger partial charge is 0.342 e. The number of esters is 2. The lowest BCUT2D eigenvalue weighted by atomic mass is 9.98. The Hall–Kier alpha value is -3.60. The number of benzene rings is 2. The number of halogens is 1. The minimum Gasteiger partial charge on any atom is -0.484 e. The topological polar surface area (TPSA) is 121 Å². The summed E-state index contributed by atoms with van der Waals surface area (Å²) in [6.45, 7) is 1.19. The Bertz CT molecular complexity index is 1360. The van der Waals surface area contributed by atoms with Crippen LogP contribution in [0.4, 0.5) is 10.1 Å².